The van der Waals surface area contributed by atoms with Crippen molar-refractivity contribution in [1.29, 1.82) is 0 Å². The fourth-order valence-corrected chi connectivity index (χ4v) is 2.95. The van der Waals surface area contributed by atoms with Crippen molar-refractivity contribution in [3.63, 3.8) is 0 Å². The molecule has 0 aliphatic carbocycles. The van der Waals surface area contributed by atoms with Crippen LogP contribution in [-0.4, -0.2) is 30.5 Å². The van der Waals surface area contributed by atoms with Crippen LogP contribution in [0.3, 0.4) is 0 Å². The van der Waals surface area contributed by atoms with Crippen LogP contribution in [0, 0.1) is 0 Å². The Kier molecular flexibility index (Phi) is 7.00. The summed E-state index contributed by atoms with van der Waals surface area (Å²) in [6, 6.07) is 5.80. The lowest BCUT2D eigenvalue weighted by Crippen LogP contribution is -2.45. The number of aliphatic hydroxyl groups excluding tert-OH is 1. The van der Waals surface area contributed by atoms with Crippen LogP contribution in [0.15, 0.2) is 22.7 Å². The van der Waals surface area contributed by atoms with Crippen LogP contribution in [0.1, 0.15) is 39.2 Å². The minimum Gasteiger partial charge on any atom is -0.497 e. The summed E-state index contributed by atoms with van der Waals surface area (Å²) in [6.45, 7) is 6.69. The lowest BCUT2D eigenvalue weighted by molar-refractivity contribution is -0.124. The third kappa shape index (κ3) is 3.96. The van der Waals surface area contributed by atoms with Gasteiger partial charge in [-0.1, -0.05) is 29.8 Å². The summed E-state index contributed by atoms with van der Waals surface area (Å²) in [5, 5.41) is 10.6. The molecule has 0 bridgehead atoms. The van der Waals surface area contributed by atoms with Crippen molar-refractivity contribution in [2.45, 2.75) is 51.7 Å². The molecule has 0 radical (unpaired) electrons. The quantitative estimate of drug-likeness (QED) is 0.775. The first kappa shape index (κ1) is 17.5. The van der Waals surface area contributed by atoms with Gasteiger partial charge in [-0.3, -0.25) is 0 Å². The van der Waals surface area contributed by atoms with Gasteiger partial charge in [-0.15, -0.1) is 0 Å². The van der Waals surface area contributed by atoms with E-state index in [2.05, 4.69) is 29.8 Å². The Morgan fingerprint density at radius 1 is 1.25 bits per heavy atom. The number of hydrogen-bond donors (Lipinski definition) is 1. The molecule has 20 heavy (non-hydrogen) atoms. The molecular formula is C16H25BrO3. The average molecular weight is 345 g/mol. The van der Waals surface area contributed by atoms with Gasteiger partial charge < -0.3 is 14.6 Å². The molecule has 0 fully saturated rings. The number of hydrogen-bond acceptors (Lipinski definition) is 3. The van der Waals surface area contributed by atoms with Gasteiger partial charge in [0, 0.05) is 17.5 Å². The van der Waals surface area contributed by atoms with Crippen LogP contribution < -0.4 is 4.74 Å². The number of rotatable bonds is 8. The lowest BCUT2D eigenvalue weighted by Gasteiger charge is -2.36. The van der Waals surface area contributed by atoms with E-state index in [0.717, 1.165) is 28.6 Å². The Morgan fingerprint density at radius 3 is 2.40 bits per heavy atom. The summed E-state index contributed by atoms with van der Waals surface area (Å²) in [6.07, 6.45) is 1.58. The van der Waals surface area contributed by atoms with Crippen LogP contribution in [0.5, 0.6) is 5.75 Å². The smallest absolute Gasteiger partial charge is 0.119 e. The highest BCUT2D eigenvalue weighted by atomic mass is 79.9. The van der Waals surface area contributed by atoms with Crippen molar-refractivity contribution < 1.29 is 14.6 Å². The Bertz CT molecular complexity index is 416. The van der Waals surface area contributed by atoms with E-state index in [1.165, 1.54) is 0 Å². The predicted octanol–water partition coefficient (Wildman–Crippen LogP) is 3.96. The largest absolute Gasteiger partial charge is 0.497 e. The first-order valence-electron chi connectivity index (χ1n) is 7.17. The fourth-order valence-electron chi connectivity index (χ4n) is 2.54. The van der Waals surface area contributed by atoms with Gasteiger partial charge in [0.05, 0.1) is 18.8 Å². The number of halogens is 1. The summed E-state index contributed by atoms with van der Waals surface area (Å²) in [7, 11) is 1.64. The maximum atomic E-state index is 10.6. The highest BCUT2D eigenvalue weighted by molar-refractivity contribution is 9.10. The molecular weight excluding hydrogens is 320 g/mol. The van der Waals surface area contributed by atoms with Crippen molar-refractivity contribution in [3.8, 4) is 5.75 Å². The standard InChI is InChI=1S/C16H25BrO3/c1-5-16(6-2,20-7-3)15(18)11-12-10-13(19-4)8-9-14(12)17/h8-10,15,18H,5-7,11H2,1-4H3. The second kappa shape index (κ2) is 8.01. The molecule has 1 atom stereocenters. The number of methoxy groups -OCH3 is 1. The van der Waals surface area contributed by atoms with Crippen LogP contribution in [-0.2, 0) is 11.2 Å². The van der Waals surface area contributed by atoms with Gasteiger partial charge in [-0.25, -0.2) is 0 Å². The maximum absolute atomic E-state index is 10.6. The van der Waals surface area contributed by atoms with E-state index >= 15 is 0 Å². The minimum atomic E-state index is -0.541. The molecule has 3 nitrogen and oxygen atoms in total. The Labute approximate surface area is 130 Å². The van der Waals surface area contributed by atoms with Crippen LogP contribution in [0.2, 0.25) is 0 Å². The van der Waals surface area contributed by atoms with Gasteiger partial charge in [-0.2, -0.15) is 0 Å². The summed E-state index contributed by atoms with van der Waals surface area (Å²) in [5.74, 6) is 0.797. The van der Waals surface area contributed by atoms with Crippen LogP contribution in [0.4, 0.5) is 0 Å². The number of ether oxygens (including phenoxy) is 2. The summed E-state index contributed by atoms with van der Waals surface area (Å²) < 4.78 is 12.1. The first-order chi connectivity index (χ1) is 9.52. The molecule has 4 heteroatoms. The molecule has 0 saturated heterocycles. The summed E-state index contributed by atoms with van der Waals surface area (Å²) >= 11 is 3.53. The molecule has 0 aliphatic rings. The Balaban J connectivity index is 2.95. The van der Waals surface area contributed by atoms with E-state index in [1.54, 1.807) is 7.11 Å². The van der Waals surface area contributed by atoms with E-state index in [-0.39, 0.29) is 0 Å². The molecule has 0 saturated carbocycles. The maximum Gasteiger partial charge on any atom is 0.119 e. The monoisotopic (exact) mass is 344 g/mol. The van der Waals surface area contributed by atoms with E-state index in [1.807, 2.05) is 25.1 Å². The van der Waals surface area contributed by atoms with Gasteiger partial charge in [0.1, 0.15) is 5.75 Å². The highest BCUT2D eigenvalue weighted by Gasteiger charge is 2.35. The SMILES string of the molecule is CCOC(CC)(CC)C(O)Cc1cc(OC)ccc1Br. The minimum absolute atomic E-state index is 0.475. The van der Waals surface area contributed by atoms with E-state index < -0.39 is 11.7 Å². The number of benzene rings is 1. The topological polar surface area (TPSA) is 38.7 Å². The zero-order chi connectivity index (χ0) is 15.2. The third-order valence-electron chi connectivity index (χ3n) is 3.90. The van der Waals surface area contributed by atoms with Crippen LogP contribution in [0.25, 0.3) is 0 Å². The molecule has 1 rings (SSSR count). The zero-order valence-electron chi connectivity index (χ0n) is 12.8. The molecule has 1 aromatic rings. The molecule has 0 aromatic heterocycles. The molecule has 0 aliphatic heterocycles. The van der Waals surface area contributed by atoms with Gasteiger partial charge in [0.2, 0.25) is 0 Å². The number of aliphatic hydroxyl groups is 1. The van der Waals surface area contributed by atoms with Crippen molar-refractivity contribution in [2.75, 3.05) is 13.7 Å². The highest BCUT2D eigenvalue weighted by Crippen LogP contribution is 2.30. The molecule has 1 unspecified atom stereocenters. The first-order valence-corrected chi connectivity index (χ1v) is 7.96. The summed E-state index contributed by atoms with van der Waals surface area (Å²) in [5.41, 5.74) is 0.555. The van der Waals surface area contributed by atoms with E-state index in [4.69, 9.17) is 9.47 Å². The second-order valence-corrected chi connectivity index (χ2v) is 5.74. The van der Waals surface area contributed by atoms with Crippen molar-refractivity contribution in [2.24, 2.45) is 0 Å². The van der Waals surface area contributed by atoms with E-state index in [0.29, 0.717) is 13.0 Å². The van der Waals surface area contributed by atoms with E-state index in [9.17, 15) is 5.11 Å². The van der Waals surface area contributed by atoms with Crippen molar-refractivity contribution in [1.82, 2.24) is 0 Å². The predicted molar refractivity (Wildman–Crippen MR) is 85.3 cm³/mol. The van der Waals surface area contributed by atoms with Gasteiger partial charge in [-0.05, 0) is 43.5 Å². The molecule has 0 amide bonds. The van der Waals surface area contributed by atoms with Crippen molar-refractivity contribution >= 4 is 15.9 Å². The van der Waals surface area contributed by atoms with Gasteiger partial charge in [0.15, 0.2) is 0 Å². The lowest BCUT2D eigenvalue weighted by atomic mass is 9.86. The Hall–Kier alpha value is -0.580. The third-order valence-corrected chi connectivity index (χ3v) is 4.68. The van der Waals surface area contributed by atoms with Crippen molar-refractivity contribution in [3.05, 3.63) is 28.2 Å². The normalized spacial score (nSPS) is 13.3. The zero-order valence-corrected chi connectivity index (χ0v) is 14.4. The van der Waals surface area contributed by atoms with Gasteiger partial charge >= 0.3 is 0 Å². The molecule has 1 aromatic carbocycles. The molecule has 0 spiro atoms. The second-order valence-electron chi connectivity index (χ2n) is 4.88. The average Bonchev–Trinajstić information content (AvgIpc) is 2.47. The fraction of sp³-hybridized carbons (Fsp3) is 0.625. The van der Waals surface area contributed by atoms with Gasteiger partial charge in [0.25, 0.3) is 0 Å². The summed E-state index contributed by atoms with van der Waals surface area (Å²) in [4.78, 5) is 0. The Morgan fingerprint density at radius 2 is 1.90 bits per heavy atom. The molecule has 114 valence electrons. The van der Waals surface area contributed by atoms with Crippen LogP contribution >= 0.6 is 15.9 Å². The molecule has 1 N–H and O–H groups in total. The molecule has 0 heterocycles.